The highest BCUT2D eigenvalue weighted by Crippen LogP contribution is 2.44. The zero-order chi connectivity index (χ0) is 20.1. The summed E-state index contributed by atoms with van der Waals surface area (Å²) in [5, 5.41) is 26.8. The molecule has 3 aromatic rings. The summed E-state index contributed by atoms with van der Waals surface area (Å²) in [6.07, 6.45) is 0.576. The van der Waals surface area contributed by atoms with Crippen molar-refractivity contribution in [2.45, 2.75) is 25.4 Å². The smallest absolute Gasteiger partial charge is 0.195 e. The molecule has 0 atom stereocenters. The molecule has 0 fully saturated rings. The second-order valence-corrected chi connectivity index (χ2v) is 7.59. The average Bonchev–Trinajstić information content (AvgIpc) is 3.10. The molecule has 0 saturated heterocycles. The van der Waals surface area contributed by atoms with Crippen LogP contribution < -0.4 is 4.74 Å². The van der Waals surface area contributed by atoms with Crippen molar-refractivity contribution in [3.8, 4) is 5.75 Å². The van der Waals surface area contributed by atoms with Gasteiger partial charge >= 0.3 is 0 Å². The molecule has 144 valence electrons. The third kappa shape index (κ3) is 2.65. The Hall–Kier alpha value is -2.96. The van der Waals surface area contributed by atoms with E-state index in [0.29, 0.717) is 16.9 Å². The van der Waals surface area contributed by atoms with Gasteiger partial charge in [0.2, 0.25) is 0 Å². The number of ether oxygens (including phenoxy) is 1. The minimum atomic E-state index is -0.705. The number of hydrogen-bond donors (Lipinski definition) is 4. The van der Waals surface area contributed by atoms with Crippen molar-refractivity contribution >= 4 is 22.9 Å². The van der Waals surface area contributed by atoms with E-state index in [1.54, 1.807) is 12.1 Å². The Bertz CT molecular complexity index is 1090. The van der Waals surface area contributed by atoms with E-state index >= 15 is 0 Å². The van der Waals surface area contributed by atoms with Crippen molar-refractivity contribution in [3.63, 3.8) is 0 Å². The molecule has 28 heavy (non-hydrogen) atoms. The first-order chi connectivity index (χ1) is 13.4. The zero-order valence-electron chi connectivity index (χ0n) is 15.7. The standard InChI is InChI=1S/C22H22N2O4/c1-22(2)17-8-13(28-14(10-25)11-26)4-6-15(17)20(27)19-16-5-3-12(9-23)7-18(16)24-21(19)22/h3-9,14,23-26H,10-11H2,1-2H3. The highest BCUT2D eigenvalue weighted by molar-refractivity contribution is 6.20. The van der Waals surface area contributed by atoms with Gasteiger partial charge in [-0.25, -0.2) is 0 Å². The highest BCUT2D eigenvalue weighted by Gasteiger charge is 2.39. The molecule has 0 saturated carbocycles. The first-order valence-corrected chi connectivity index (χ1v) is 9.15. The number of aromatic amines is 1. The molecular formula is C22H22N2O4. The number of aromatic nitrogens is 1. The summed E-state index contributed by atoms with van der Waals surface area (Å²) in [5.74, 6) is 0.448. The maximum Gasteiger partial charge on any atom is 0.195 e. The van der Waals surface area contributed by atoms with E-state index in [1.165, 1.54) is 6.21 Å². The van der Waals surface area contributed by atoms with Crippen molar-refractivity contribution in [1.29, 1.82) is 5.41 Å². The zero-order valence-corrected chi connectivity index (χ0v) is 15.7. The van der Waals surface area contributed by atoms with E-state index < -0.39 is 11.5 Å². The molecule has 2 aromatic carbocycles. The SMILES string of the molecule is CC1(C)c2cc(OC(CO)CO)ccc2C(=O)c2c1[nH]c1cc(C=N)ccc21. The summed E-state index contributed by atoms with van der Waals surface area (Å²) >= 11 is 0. The fourth-order valence-corrected chi connectivity index (χ4v) is 3.92. The predicted octanol–water partition coefficient (Wildman–Crippen LogP) is 2.77. The van der Waals surface area contributed by atoms with Crippen LogP contribution in [0.5, 0.6) is 5.75 Å². The van der Waals surface area contributed by atoms with Gasteiger partial charge in [-0.05, 0) is 35.4 Å². The van der Waals surface area contributed by atoms with Crippen LogP contribution in [0.1, 0.15) is 46.6 Å². The Morgan fingerprint density at radius 1 is 1.18 bits per heavy atom. The lowest BCUT2D eigenvalue weighted by Crippen LogP contribution is -2.31. The van der Waals surface area contributed by atoms with Gasteiger partial charge in [-0.15, -0.1) is 0 Å². The van der Waals surface area contributed by atoms with Crippen molar-refractivity contribution in [1.82, 2.24) is 4.98 Å². The maximum atomic E-state index is 13.3. The van der Waals surface area contributed by atoms with Crippen LogP contribution >= 0.6 is 0 Å². The molecular weight excluding hydrogens is 356 g/mol. The van der Waals surface area contributed by atoms with Gasteiger partial charge in [0.15, 0.2) is 5.78 Å². The molecule has 4 N–H and O–H groups in total. The normalized spacial score (nSPS) is 14.8. The van der Waals surface area contributed by atoms with Gasteiger partial charge in [0, 0.05) is 33.8 Å². The lowest BCUT2D eigenvalue weighted by molar-refractivity contribution is 0.0628. The molecule has 0 amide bonds. The molecule has 0 spiro atoms. The number of nitrogens with one attached hydrogen (secondary N) is 2. The summed E-state index contributed by atoms with van der Waals surface area (Å²) in [4.78, 5) is 16.7. The van der Waals surface area contributed by atoms with E-state index in [1.807, 2.05) is 38.1 Å². The maximum absolute atomic E-state index is 13.3. The first-order valence-electron chi connectivity index (χ1n) is 9.15. The second kappa shape index (κ2) is 6.58. The fraction of sp³-hybridized carbons (Fsp3) is 0.273. The molecule has 0 radical (unpaired) electrons. The molecule has 1 aliphatic carbocycles. The Morgan fingerprint density at radius 3 is 2.61 bits per heavy atom. The number of carbonyl (C=O) groups excluding carboxylic acids is 1. The fourth-order valence-electron chi connectivity index (χ4n) is 3.92. The molecule has 1 heterocycles. The molecule has 4 rings (SSSR count). The van der Waals surface area contributed by atoms with E-state index in [4.69, 9.17) is 10.1 Å². The van der Waals surface area contributed by atoms with E-state index in [-0.39, 0.29) is 19.0 Å². The number of hydrogen-bond acceptors (Lipinski definition) is 5. The van der Waals surface area contributed by atoms with Crippen LogP contribution in [-0.2, 0) is 5.41 Å². The van der Waals surface area contributed by atoms with Gasteiger partial charge in [-0.1, -0.05) is 26.0 Å². The Kier molecular flexibility index (Phi) is 4.33. The van der Waals surface area contributed by atoms with E-state index in [2.05, 4.69) is 4.98 Å². The minimum Gasteiger partial charge on any atom is -0.486 e. The lowest BCUT2D eigenvalue weighted by atomic mass is 9.71. The topological polar surface area (TPSA) is 106 Å². The number of rotatable bonds is 5. The van der Waals surface area contributed by atoms with Crippen molar-refractivity contribution in [3.05, 3.63) is 64.3 Å². The van der Waals surface area contributed by atoms with E-state index in [0.717, 1.165) is 27.7 Å². The lowest BCUT2D eigenvalue weighted by Gasteiger charge is -2.32. The average molecular weight is 378 g/mol. The van der Waals surface area contributed by atoms with Crippen LogP contribution in [0, 0.1) is 5.41 Å². The van der Waals surface area contributed by atoms with Crippen molar-refractivity contribution in [2.24, 2.45) is 0 Å². The minimum absolute atomic E-state index is 0.0504. The molecule has 1 aromatic heterocycles. The van der Waals surface area contributed by atoms with Gasteiger partial charge in [-0.2, -0.15) is 0 Å². The summed E-state index contributed by atoms with van der Waals surface area (Å²) in [5.41, 5.74) is 4.07. The Balaban J connectivity index is 1.87. The number of carbonyl (C=O) groups is 1. The number of ketones is 1. The molecule has 0 unspecified atom stereocenters. The van der Waals surface area contributed by atoms with Crippen LogP contribution in [0.25, 0.3) is 10.9 Å². The number of H-pyrrole nitrogens is 1. The van der Waals surface area contributed by atoms with Crippen molar-refractivity contribution < 1.29 is 19.7 Å². The first kappa shape index (κ1) is 18.4. The van der Waals surface area contributed by atoms with Crippen LogP contribution in [0.15, 0.2) is 36.4 Å². The summed E-state index contributed by atoms with van der Waals surface area (Å²) in [7, 11) is 0. The van der Waals surface area contributed by atoms with Gasteiger partial charge in [0.05, 0.1) is 18.8 Å². The van der Waals surface area contributed by atoms with Crippen LogP contribution in [0.4, 0.5) is 0 Å². The molecule has 6 heteroatoms. The summed E-state index contributed by atoms with van der Waals surface area (Å²) in [6, 6.07) is 10.8. The largest absolute Gasteiger partial charge is 0.486 e. The quantitative estimate of drug-likeness (QED) is 0.512. The van der Waals surface area contributed by atoms with Gasteiger partial charge in [-0.3, -0.25) is 4.79 Å². The second-order valence-electron chi connectivity index (χ2n) is 7.59. The number of fused-ring (bicyclic) bond motifs is 4. The molecule has 6 nitrogen and oxygen atoms in total. The Morgan fingerprint density at radius 2 is 1.93 bits per heavy atom. The number of aliphatic hydroxyl groups excluding tert-OH is 2. The highest BCUT2D eigenvalue weighted by atomic mass is 16.5. The third-order valence-corrected chi connectivity index (χ3v) is 5.46. The number of benzene rings is 2. The van der Waals surface area contributed by atoms with Crippen molar-refractivity contribution in [2.75, 3.05) is 13.2 Å². The van der Waals surface area contributed by atoms with Crippen LogP contribution in [0.2, 0.25) is 0 Å². The molecule has 0 bridgehead atoms. The van der Waals surface area contributed by atoms with Gasteiger partial charge in [0.1, 0.15) is 11.9 Å². The number of aliphatic hydroxyl groups is 2. The van der Waals surface area contributed by atoms with Crippen LogP contribution in [0.3, 0.4) is 0 Å². The van der Waals surface area contributed by atoms with Gasteiger partial charge in [0.25, 0.3) is 0 Å². The van der Waals surface area contributed by atoms with E-state index in [9.17, 15) is 15.0 Å². The van der Waals surface area contributed by atoms with Gasteiger partial charge < -0.3 is 25.3 Å². The molecule has 1 aliphatic rings. The predicted molar refractivity (Wildman–Crippen MR) is 107 cm³/mol. The summed E-state index contributed by atoms with van der Waals surface area (Å²) in [6.45, 7) is 3.50. The summed E-state index contributed by atoms with van der Waals surface area (Å²) < 4.78 is 5.64. The monoisotopic (exact) mass is 378 g/mol. The third-order valence-electron chi connectivity index (χ3n) is 5.46. The van der Waals surface area contributed by atoms with Crippen LogP contribution in [-0.4, -0.2) is 46.5 Å². The molecule has 0 aliphatic heterocycles. The Labute approximate surface area is 162 Å².